The Morgan fingerprint density at radius 3 is 2.20 bits per heavy atom. The highest BCUT2D eigenvalue weighted by molar-refractivity contribution is 5.85. The minimum Gasteiger partial charge on any atom is -0.257 e. The van der Waals surface area contributed by atoms with Crippen LogP contribution in [0.5, 0.6) is 0 Å². The lowest BCUT2D eigenvalue weighted by atomic mass is 10.2. The summed E-state index contributed by atoms with van der Waals surface area (Å²) in [5.41, 5.74) is 2.18. The van der Waals surface area contributed by atoms with Gasteiger partial charge in [0.1, 0.15) is 0 Å². The number of nitrogens with zero attached hydrogens (tertiary/aromatic N) is 1. The van der Waals surface area contributed by atoms with Crippen molar-refractivity contribution in [3.63, 3.8) is 0 Å². The molecule has 0 radical (unpaired) electrons. The fraction of sp³-hybridized carbons (Fsp3) is 0. The van der Waals surface area contributed by atoms with Crippen molar-refractivity contribution in [2.75, 3.05) is 0 Å². The third kappa shape index (κ3) is 3.56. The first kappa shape index (κ1) is 11.5. The molecular weight excluding hydrogens is 206 g/mol. The molecule has 0 atom stereocenters. The first-order valence-electron chi connectivity index (χ1n) is 4.59. The van der Waals surface area contributed by atoms with Crippen molar-refractivity contribution in [2.24, 2.45) is 0 Å². The summed E-state index contributed by atoms with van der Waals surface area (Å²) in [4.78, 5) is 4.21. The molecule has 0 saturated carbocycles. The molecule has 2 rings (SSSR count). The van der Waals surface area contributed by atoms with Gasteiger partial charge in [-0.05, 0) is 23.8 Å². The second-order valence-corrected chi connectivity index (χ2v) is 3.00. The Morgan fingerprint density at radius 1 is 0.800 bits per heavy atom. The number of benzene rings is 1. The Morgan fingerprint density at radius 2 is 1.53 bits per heavy atom. The lowest BCUT2D eigenvalue weighted by molar-refractivity contribution is 1.30. The molecule has 0 aliphatic carbocycles. The van der Waals surface area contributed by atoms with Crippen molar-refractivity contribution in [3.05, 3.63) is 66.0 Å². The van der Waals surface area contributed by atoms with E-state index in [2.05, 4.69) is 23.2 Å². The summed E-state index contributed by atoms with van der Waals surface area (Å²) in [7, 11) is 0. The molecule has 76 valence electrons. The van der Waals surface area contributed by atoms with Crippen molar-refractivity contribution >= 4 is 24.6 Å². The highest BCUT2D eigenvalue weighted by Gasteiger charge is 1.85. The van der Waals surface area contributed by atoms with E-state index in [-0.39, 0.29) is 12.4 Å². The van der Waals surface area contributed by atoms with Gasteiger partial charge < -0.3 is 0 Å². The number of hydrogen-bond acceptors (Lipinski definition) is 1. The van der Waals surface area contributed by atoms with E-state index in [9.17, 15) is 0 Å². The Kier molecular flexibility index (Phi) is 4.58. The van der Waals surface area contributed by atoms with Crippen LogP contribution in [0, 0.1) is 0 Å². The van der Waals surface area contributed by atoms with Gasteiger partial charge in [0.05, 0.1) is 5.69 Å². The van der Waals surface area contributed by atoms with E-state index in [1.54, 1.807) is 6.20 Å². The van der Waals surface area contributed by atoms with E-state index in [1.807, 2.05) is 42.5 Å². The number of hydrogen-bond donors (Lipinski definition) is 0. The standard InChI is InChI=1S/C13H11N.ClH/c1-2-6-12(7-3-1)9-10-13-8-4-5-11-14-13;/h1-11H;1H. The minimum atomic E-state index is 0. The van der Waals surface area contributed by atoms with Crippen LogP contribution in [-0.2, 0) is 0 Å². The maximum Gasteiger partial charge on any atom is 0.0629 e. The van der Waals surface area contributed by atoms with Gasteiger partial charge in [-0.1, -0.05) is 42.5 Å². The molecule has 0 spiro atoms. The van der Waals surface area contributed by atoms with E-state index < -0.39 is 0 Å². The molecule has 1 heterocycles. The van der Waals surface area contributed by atoms with Crippen molar-refractivity contribution in [1.29, 1.82) is 0 Å². The van der Waals surface area contributed by atoms with Crippen molar-refractivity contribution < 1.29 is 0 Å². The Balaban J connectivity index is 0.00000112. The first-order chi connectivity index (χ1) is 6.95. The Hall–Kier alpha value is -1.60. The van der Waals surface area contributed by atoms with Gasteiger partial charge in [-0.25, -0.2) is 0 Å². The lowest BCUT2D eigenvalue weighted by Crippen LogP contribution is -1.76. The fourth-order valence-corrected chi connectivity index (χ4v) is 1.22. The van der Waals surface area contributed by atoms with Crippen LogP contribution in [-0.4, -0.2) is 4.98 Å². The number of rotatable bonds is 2. The molecule has 1 nitrogen and oxygen atoms in total. The predicted molar refractivity (Wildman–Crippen MR) is 66.9 cm³/mol. The van der Waals surface area contributed by atoms with Crippen molar-refractivity contribution in [1.82, 2.24) is 4.98 Å². The molecule has 0 bridgehead atoms. The largest absolute Gasteiger partial charge is 0.257 e. The SMILES string of the molecule is C(=Cc1ccccn1)c1ccccc1.Cl. The molecule has 0 saturated heterocycles. The molecule has 0 aliphatic heterocycles. The van der Waals surface area contributed by atoms with Gasteiger partial charge in [-0.3, -0.25) is 4.98 Å². The maximum absolute atomic E-state index is 4.21. The normalized spacial score (nSPS) is 9.87. The summed E-state index contributed by atoms with van der Waals surface area (Å²) in [5, 5.41) is 0. The average Bonchev–Trinajstić information content (AvgIpc) is 2.29. The van der Waals surface area contributed by atoms with Crippen LogP contribution >= 0.6 is 12.4 Å². The molecule has 1 aromatic carbocycles. The van der Waals surface area contributed by atoms with Crippen molar-refractivity contribution in [3.8, 4) is 0 Å². The third-order valence-corrected chi connectivity index (χ3v) is 1.93. The Bertz CT molecular complexity index is 368. The predicted octanol–water partition coefficient (Wildman–Crippen LogP) is 3.67. The summed E-state index contributed by atoms with van der Waals surface area (Å²) in [6.07, 6.45) is 5.86. The molecule has 2 heteroatoms. The molecule has 0 unspecified atom stereocenters. The third-order valence-electron chi connectivity index (χ3n) is 1.93. The van der Waals surface area contributed by atoms with E-state index in [4.69, 9.17) is 0 Å². The van der Waals surface area contributed by atoms with Crippen LogP contribution in [0.1, 0.15) is 11.3 Å². The monoisotopic (exact) mass is 217 g/mol. The molecule has 2 aromatic rings. The molecular formula is C13H12ClN. The first-order valence-corrected chi connectivity index (χ1v) is 4.59. The topological polar surface area (TPSA) is 12.9 Å². The van der Waals surface area contributed by atoms with Gasteiger partial charge in [0.2, 0.25) is 0 Å². The number of aromatic nitrogens is 1. The highest BCUT2D eigenvalue weighted by Crippen LogP contribution is 2.04. The van der Waals surface area contributed by atoms with Gasteiger partial charge in [0, 0.05) is 6.20 Å². The van der Waals surface area contributed by atoms with Crippen LogP contribution < -0.4 is 0 Å². The zero-order valence-corrected chi connectivity index (χ0v) is 9.02. The van der Waals surface area contributed by atoms with E-state index >= 15 is 0 Å². The van der Waals surface area contributed by atoms with E-state index in [0.717, 1.165) is 5.69 Å². The average molecular weight is 218 g/mol. The van der Waals surface area contributed by atoms with Gasteiger partial charge in [0.15, 0.2) is 0 Å². The smallest absolute Gasteiger partial charge is 0.0629 e. The summed E-state index contributed by atoms with van der Waals surface area (Å²) >= 11 is 0. The van der Waals surface area contributed by atoms with Crippen LogP contribution in [0.15, 0.2) is 54.7 Å². The van der Waals surface area contributed by atoms with Gasteiger partial charge in [-0.15, -0.1) is 12.4 Å². The summed E-state index contributed by atoms with van der Waals surface area (Å²) in [5.74, 6) is 0. The van der Waals surface area contributed by atoms with Crippen molar-refractivity contribution in [2.45, 2.75) is 0 Å². The Labute approximate surface area is 95.9 Å². The zero-order chi connectivity index (χ0) is 9.64. The highest BCUT2D eigenvalue weighted by atomic mass is 35.5. The second-order valence-electron chi connectivity index (χ2n) is 3.00. The molecule has 0 aliphatic rings. The molecule has 1 aromatic heterocycles. The summed E-state index contributed by atoms with van der Waals surface area (Å²) in [6, 6.07) is 16.1. The molecule has 15 heavy (non-hydrogen) atoms. The minimum absolute atomic E-state index is 0. The van der Waals surface area contributed by atoms with Crippen LogP contribution in [0.2, 0.25) is 0 Å². The number of halogens is 1. The molecule has 0 N–H and O–H groups in total. The van der Waals surface area contributed by atoms with Gasteiger partial charge >= 0.3 is 0 Å². The fourth-order valence-electron chi connectivity index (χ4n) is 1.22. The van der Waals surface area contributed by atoms with Crippen LogP contribution in [0.3, 0.4) is 0 Å². The van der Waals surface area contributed by atoms with Crippen LogP contribution in [0.4, 0.5) is 0 Å². The van der Waals surface area contributed by atoms with Gasteiger partial charge in [0.25, 0.3) is 0 Å². The summed E-state index contributed by atoms with van der Waals surface area (Å²) < 4.78 is 0. The van der Waals surface area contributed by atoms with E-state index in [0.29, 0.717) is 0 Å². The number of pyridine rings is 1. The quantitative estimate of drug-likeness (QED) is 0.748. The van der Waals surface area contributed by atoms with Crippen LogP contribution in [0.25, 0.3) is 12.2 Å². The molecule has 0 amide bonds. The lowest BCUT2D eigenvalue weighted by Gasteiger charge is -1.92. The van der Waals surface area contributed by atoms with Gasteiger partial charge in [-0.2, -0.15) is 0 Å². The maximum atomic E-state index is 4.21. The summed E-state index contributed by atoms with van der Waals surface area (Å²) in [6.45, 7) is 0. The zero-order valence-electron chi connectivity index (χ0n) is 8.21. The second kappa shape index (κ2) is 5.99. The van der Waals surface area contributed by atoms with E-state index in [1.165, 1.54) is 5.56 Å². The molecule has 0 fully saturated rings.